The first-order valence-corrected chi connectivity index (χ1v) is 8.56. The zero-order valence-electron chi connectivity index (χ0n) is 14.6. The number of nitrogens with one attached hydrogen (secondary N) is 2. The maximum atomic E-state index is 13.4. The van der Waals surface area contributed by atoms with E-state index in [1.54, 1.807) is 24.3 Å². The lowest BCUT2D eigenvalue weighted by Gasteiger charge is -2.10. The van der Waals surface area contributed by atoms with Crippen LogP contribution in [0.4, 0.5) is 8.78 Å². The molecule has 1 aliphatic rings. The number of H-pyrrole nitrogens is 1. The second kappa shape index (κ2) is 6.83. The van der Waals surface area contributed by atoms with Crippen molar-refractivity contribution in [2.24, 2.45) is 0 Å². The van der Waals surface area contributed by atoms with Crippen LogP contribution in [0, 0.1) is 11.6 Å². The number of halogens is 2. The van der Waals surface area contributed by atoms with Gasteiger partial charge in [0.25, 0.3) is 5.91 Å². The fourth-order valence-corrected chi connectivity index (χ4v) is 2.90. The molecule has 0 saturated heterocycles. The quantitative estimate of drug-likeness (QED) is 0.717. The largest absolute Gasteiger partial charge is 0.495 e. The van der Waals surface area contributed by atoms with Crippen LogP contribution in [-0.4, -0.2) is 29.3 Å². The Balaban J connectivity index is 1.73. The molecule has 1 aromatic heterocycles. The van der Waals surface area contributed by atoms with Crippen LogP contribution in [0.2, 0.25) is 0 Å². The Bertz CT molecular complexity index is 1050. The zero-order valence-corrected chi connectivity index (χ0v) is 14.6. The number of benzene rings is 2. The van der Waals surface area contributed by atoms with E-state index < -0.39 is 11.6 Å². The van der Waals surface area contributed by atoms with Crippen LogP contribution in [0.25, 0.3) is 23.1 Å². The highest BCUT2D eigenvalue weighted by Crippen LogP contribution is 2.33. The summed E-state index contributed by atoms with van der Waals surface area (Å²) < 4.78 is 31.9. The average Bonchev–Trinajstić information content (AvgIpc) is 3.38. The Hall–Kier alpha value is -3.22. The number of fused-ring (bicyclic) bond motifs is 1. The number of carbonyl (C=O) groups is 1. The molecule has 1 amide bonds. The predicted octanol–water partition coefficient (Wildman–Crippen LogP) is 3.91. The number of rotatable bonds is 5. The van der Waals surface area contributed by atoms with Crippen molar-refractivity contribution in [2.75, 3.05) is 7.11 Å². The Morgan fingerprint density at radius 2 is 2.04 bits per heavy atom. The van der Waals surface area contributed by atoms with E-state index in [0.29, 0.717) is 33.5 Å². The lowest BCUT2D eigenvalue weighted by Crippen LogP contribution is -2.25. The Kier molecular flexibility index (Phi) is 4.35. The second-order valence-electron chi connectivity index (χ2n) is 6.43. The third-order valence-corrected chi connectivity index (χ3v) is 4.45. The summed E-state index contributed by atoms with van der Waals surface area (Å²) in [7, 11) is 1.50. The van der Waals surface area contributed by atoms with Crippen LogP contribution in [0.15, 0.2) is 30.3 Å². The van der Waals surface area contributed by atoms with Gasteiger partial charge in [-0.15, -0.1) is 0 Å². The Morgan fingerprint density at radius 3 is 2.74 bits per heavy atom. The van der Waals surface area contributed by atoms with E-state index in [9.17, 15) is 13.6 Å². The molecule has 5 nitrogen and oxygen atoms in total. The van der Waals surface area contributed by atoms with E-state index in [0.717, 1.165) is 25.0 Å². The molecule has 0 unspecified atom stereocenters. The van der Waals surface area contributed by atoms with Gasteiger partial charge >= 0.3 is 0 Å². The summed E-state index contributed by atoms with van der Waals surface area (Å²) in [5.41, 5.74) is 2.17. The van der Waals surface area contributed by atoms with Gasteiger partial charge in [0.1, 0.15) is 5.75 Å². The maximum absolute atomic E-state index is 13.4. The highest BCUT2D eigenvalue weighted by Gasteiger charge is 2.26. The molecule has 2 N–H and O–H groups in total. The van der Waals surface area contributed by atoms with Gasteiger partial charge in [-0.1, -0.05) is 12.1 Å². The van der Waals surface area contributed by atoms with Gasteiger partial charge in [-0.05, 0) is 48.7 Å². The minimum absolute atomic E-state index is 0.187. The molecule has 1 aliphatic carbocycles. The minimum Gasteiger partial charge on any atom is -0.495 e. The molecule has 138 valence electrons. The molecule has 0 radical (unpaired) electrons. The van der Waals surface area contributed by atoms with Crippen molar-refractivity contribution in [3.63, 3.8) is 0 Å². The van der Waals surface area contributed by atoms with Crippen molar-refractivity contribution in [1.82, 2.24) is 15.5 Å². The van der Waals surface area contributed by atoms with E-state index >= 15 is 0 Å². The summed E-state index contributed by atoms with van der Waals surface area (Å²) in [4.78, 5) is 12.5. The molecule has 0 atom stereocenters. The van der Waals surface area contributed by atoms with Crippen molar-refractivity contribution in [1.29, 1.82) is 0 Å². The molecule has 4 rings (SSSR count). The van der Waals surface area contributed by atoms with Gasteiger partial charge in [-0.25, -0.2) is 8.78 Å². The first kappa shape index (κ1) is 17.2. The number of ether oxygens (including phenoxy) is 1. The molecular formula is C20H17F2N3O2. The molecule has 7 heteroatoms. The topological polar surface area (TPSA) is 67.0 Å². The van der Waals surface area contributed by atoms with Crippen molar-refractivity contribution in [3.05, 3.63) is 58.8 Å². The number of amides is 1. The van der Waals surface area contributed by atoms with Crippen LogP contribution in [-0.2, 0) is 0 Å². The summed E-state index contributed by atoms with van der Waals surface area (Å²) >= 11 is 0. The predicted molar refractivity (Wildman–Crippen MR) is 98.4 cm³/mol. The zero-order chi connectivity index (χ0) is 19.0. The molecule has 0 aliphatic heterocycles. The first-order valence-electron chi connectivity index (χ1n) is 8.56. The number of aromatic nitrogens is 2. The number of methoxy groups -OCH3 is 1. The molecule has 0 spiro atoms. The first-order chi connectivity index (χ1) is 13.1. The number of nitrogens with zero attached hydrogens (tertiary/aromatic N) is 1. The molecule has 0 bridgehead atoms. The third kappa shape index (κ3) is 3.40. The van der Waals surface area contributed by atoms with Crippen LogP contribution >= 0.6 is 0 Å². The van der Waals surface area contributed by atoms with Gasteiger partial charge in [-0.2, -0.15) is 5.10 Å². The highest BCUT2D eigenvalue weighted by molar-refractivity contribution is 6.05. The Morgan fingerprint density at radius 1 is 1.22 bits per heavy atom. The number of carbonyl (C=O) groups excluding carboxylic acids is 1. The van der Waals surface area contributed by atoms with Crippen LogP contribution in [0.5, 0.6) is 5.75 Å². The molecule has 1 heterocycles. The molecular weight excluding hydrogens is 352 g/mol. The molecule has 1 saturated carbocycles. The normalized spacial score (nSPS) is 14.0. The fourth-order valence-electron chi connectivity index (χ4n) is 2.90. The third-order valence-electron chi connectivity index (χ3n) is 4.45. The van der Waals surface area contributed by atoms with Gasteiger partial charge in [0, 0.05) is 6.04 Å². The molecule has 2 aromatic carbocycles. The van der Waals surface area contributed by atoms with Crippen LogP contribution < -0.4 is 10.1 Å². The summed E-state index contributed by atoms with van der Waals surface area (Å²) in [6.45, 7) is 0. The van der Waals surface area contributed by atoms with E-state index in [4.69, 9.17) is 4.74 Å². The fraction of sp³-hybridized carbons (Fsp3) is 0.200. The van der Waals surface area contributed by atoms with Gasteiger partial charge in [0.2, 0.25) is 0 Å². The van der Waals surface area contributed by atoms with Gasteiger partial charge < -0.3 is 10.1 Å². The minimum atomic E-state index is -0.916. The van der Waals surface area contributed by atoms with E-state index in [2.05, 4.69) is 15.5 Å². The van der Waals surface area contributed by atoms with E-state index in [1.165, 1.54) is 13.2 Å². The SMILES string of the molecule is COc1c(C(=O)NC2CC2)ccc2[nH]nc(C=Cc3ccc(F)c(F)c3)c12. The number of hydrogen-bond donors (Lipinski definition) is 2. The van der Waals surface area contributed by atoms with Crippen molar-refractivity contribution in [3.8, 4) is 5.75 Å². The van der Waals surface area contributed by atoms with Crippen molar-refractivity contribution >= 4 is 29.0 Å². The lowest BCUT2D eigenvalue weighted by molar-refractivity contribution is 0.0948. The standard InChI is InChI=1S/C20H17F2N3O2/c1-27-19-13(20(26)23-12-4-5-12)6-9-17-18(19)16(24-25-17)8-3-11-2-7-14(21)15(22)10-11/h2-3,6-10,12H,4-5H2,1H3,(H,23,26)(H,24,25). The molecule has 27 heavy (non-hydrogen) atoms. The summed E-state index contributed by atoms with van der Waals surface area (Å²) in [5, 5.41) is 10.7. The average molecular weight is 369 g/mol. The second-order valence-corrected chi connectivity index (χ2v) is 6.43. The summed E-state index contributed by atoms with van der Waals surface area (Å²) in [5.74, 6) is -1.58. The van der Waals surface area contributed by atoms with E-state index in [1.807, 2.05) is 0 Å². The van der Waals surface area contributed by atoms with E-state index in [-0.39, 0.29) is 11.9 Å². The lowest BCUT2D eigenvalue weighted by atomic mass is 10.1. The maximum Gasteiger partial charge on any atom is 0.255 e. The van der Waals surface area contributed by atoms with Crippen molar-refractivity contribution < 1.29 is 18.3 Å². The van der Waals surface area contributed by atoms with Crippen LogP contribution in [0.3, 0.4) is 0 Å². The van der Waals surface area contributed by atoms with Gasteiger partial charge in [0.05, 0.1) is 29.3 Å². The number of hydrogen-bond acceptors (Lipinski definition) is 3. The highest BCUT2D eigenvalue weighted by atomic mass is 19.2. The number of aromatic amines is 1. The van der Waals surface area contributed by atoms with Gasteiger partial charge in [-0.3, -0.25) is 9.89 Å². The molecule has 1 fully saturated rings. The van der Waals surface area contributed by atoms with Gasteiger partial charge in [0.15, 0.2) is 11.6 Å². The van der Waals surface area contributed by atoms with Crippen LogP contribution in [0.1, 0.15) is 34.5 Å². The Labute approximate surface area is 154 Å². The summed E-state index contributed by atoms with van der Waals surface area (Å²) in [6.07, 6.45) is 5.26. The smallest absolute Gasteiger partial charge is 0.255 e. The monoisotopic (exact) mass is 369 g/mol. The molecule has 3 aromatic rings. The van der Waals surface area contributed by atoms with Crippen molar-refractivity contribution in [2.45, 2.75) is 18.9 Å². The summed E-state index contributed by atoms with van der Waals surface area (Å²) in [6, 6.07) is 7.33.